The van der Waals surface area contributed by atoms with Gasteiger partial charge in [0.1, 0.15) is 5.02 Å². The second-order valence-corrected chi connectivity index (χ2v) is 4.44. The van der Waals surface area contributed by atoms with Crippen LogP contribution in [0.15, 0.2) is 18.2 Å². The minimum atomic E-state index is -0.489. The number of hydrogen-bond donors (Lipinski definition) is 1. The molecule has 0 bridgehead atoms. The van der Waals surface area contributed by atoms with E-state index >= 15 is 0 Å². The Kier molecular flexibility index (Phi) is 3.81. The molecule has 6 heteroatoms. The van der Waals surface area contributed by atoms with Gasteiger partial charge >= 0.3 is 0 Å². The van der Waals surface area contributed by atoms with Crippen LogP contribution < -0.4 is 5.32 Å². The molecule has 0 radical (unpaired) electrons. The van der Waals surface area contributed by atoms with E-state index in [4.69, 9.17) is 16.3 Å². The highest BCUT2D eigenvalue weighted by Crippen LogP contribution is 2.27. The van der Waals surface area contributed by atoms with Crippen LogP contribution >= 0.6 is 11.6 Å². The van der Waals surface area contributed by atoms with Crippen molar-refractivity contribution in [3.05, 3.63) is 33.3 Å². The van der Waals surface area contributed by atoms with Crippen LogP contribution in [0.2, 0.25) is 5.02 Å². The van der Waals surface area contributed by atoms with Gasteiger partial charge in [0.05, 0.1) is 11.5 Å². The van der Waals surface area contributed by atoms with Gasteiger partial charge in [0.15, 0.2) is 0 Å². The molecule has 0 saturated carbocycles. The summed E-state index contributed by atoms with van der Waals surface area (Å²) in [6.07, 6.45) is 1.05. The Labute approximate surface area is 104 Å². The van der Waals surface area contributed by atoms with Crippen LogP contribution in [0.5, 0.6) is 0 Å². The Hall–Kier alpha value is -1.33. The highest BCUT2D eigenvalue weighted by molar-refractivity contribution is 6.32. The van der Waals surface area contributed by atoms with Crippen molar-refractivity contribution in [1.82, 2.24) is 0 Å². The van der Waals surface area contributed by atoms with Crippen LogP contribution in [0.4, 0.5) is 11.4 Å². The van der Waals surface area contributed by atoms with Crippen LogP contribution in [-0.4, -0.2) is 24.7 Å². The van der Waals surface area contributed by atoms with Crippen LogP contribution in [0, 0.1) is 16.0 Å². The summed E-state index contributed by atoms with van der Waals surface area (Å²) in [5.74, 6) is 0.504. The Morgan fingerprint density at radius 3 is 3.00 bits per heavy atom. The van der Waals surface area contributed by atoms with Crippen molar-refractivity contribution in [3.63, 3.8) is 0 Å². The first kappa shape index (κ1) is 12.1. The molecule has 2 rings (SSSR count). The molecule has 1 aromatic carbocycles. The standard InChI is InChI=1S/C11H13ClN2O3/c12-10-5-9(1-2-11(10)14(15)16)13-6-8-3-4-17-7-8/h1-2,5,8,13H,3-4,6-7H2. The molecule has 1 unspecified atom stereocenters. The largest absolute Gasteiger partial charge is 0.385 e. The van der Waals surface area contributed by atoms with Crippen LogP contribution in [-0.2, 0) is 4.74 Å². The zero-order valence-corrected chi connectivity index (χ0v) is 9.94. The highest BCUT2D eigenvalue weighted by atomic mass is 35.5. The Morgan fingerprint density at radius 1 is 1.59 bits per heavy atom. The van der Waals surface area contributed by atoms with Gasteiger partial charge in [-0.15, -0.1) is 0 Å². The fraction of sp³-hybridized carbons (Fsp3) is 0.455. The topological polar surface area (TPSA) is 64.4 Å². The summed E-state index contributed by atoms with van der Waals surface area (Å²) in [4.78, 5) is 10.1. The zero-order valence-electron chi connectivity index (χ0n) is 9.19. The van der Waals surface area contributed by atoms with Crippen molar-refractivity contribution >= 4 is 23.0 Å². The smallest absolute Gasteiger partial charge is 0.288 e. The van der Waals surface area contributed by atoms with Crippen molar-refractivity contribution in [2.45, 2.75) is 6.42 Å². The molecular weight excluding hydrogens is 244 g/mol. The minimum absolute atomic E-state index is 0.0681. The summed E-state index contributed by atoms with van der Waals surface area (Å²) in [6, 6.07) is 4.66. The summed E-state index contributed by atoms with van der Waals surface area (Å²) < 4.78 is 5.26. The van der Waals surface area contributed by atoms with Gasteiger partial charge in [-0.2, -0.15) is 0 Å². The minimum Gasteiger partial charge on any atom is -0.385 e. The first-order valence-electron chi connectivity index (χ1n) is 5.42. The third-order valence-corrected chi connectivity index (χ3v) is 3.07. The molecule has 1 N–H and O–H groups in total. The van der Waals surface area contributed by atoms with E-state index in [1.54, 1.807) is 12.1 Å². The maximum absolute atomic E-state index is 10.6. The van der Waals surface area contributed by atoms with Gasteiger partial charge < -0.3 is 10.1 Å². The predicted molar refractivity (Wildman–Crippen MR) is 65.5 cm³/mol. The molecule has 17 heavy (non-hydrogen) atoms. The molecule has 1 aromatic rings. The van der Waals surface area contributed by atoms with Crippen LogP contribution in [0.25, 0.3) is 0 Å². The monoisotopic (exact) mass is 256 g/mol. The Bertz CT molecular complexity index is 419. The lowest BCUT2D eigenvalue weighted by Gasteiger charge is -2.10. The van der Waals surface area contributed by atoms with Crippen molar-refractivity contribution in [1.29, 1.82) is 0 Å². The molecule has 0 spiro atoms. The van der Waals surface area contributed by atoms with Crippen LogP contribution in [0.1, 0.15) is 6.42 Å². The fourth-order valence-corrected chi connectivity index (χ4v) is 2.02. The van der Waals surface area contributed by atoms with E-state index in [0.717, 1.165) is 31.9 Å². The number of halogens is 1. The molecule has 0 aromatic heterocycles. The second-order valence-electron chi connectivity index (χ2n) is 4.03. The summed E-state index contributed by atoms with van der Waals surface area (Å²) in [7, 11) is 0. The molecule has 0 amide bonds. The average molecular weight is 257 g/mol. The van der Waals surface area contributed by atoms with E-state index in [2.05, 4.69) is 5.32 Å². The van der Waals surface area contributed by atoms with E-state index in [0.29, 0.717) is 5.92 Å². The van der Waals surface area contributed by atoms with Gasteiger partial charge in [-0.25, -0.2) is 0 Å². The maximum Gasteiger partial charge on any atom is 0.288 e. The van der Waals surface area contributed by atoms with Crippen molar-refractivity contribution in [2.75, 3.05) is 25.1 Å². The number of ether oxygens (including phenoxy) is 1. The molecule has 1 heterocycles. The number of rotatable bonds is 4. The highest BCUT2D eigenvalue weighted by Gasteiger charge is 2.16. The van der Waals surface area contributed by atoms with Crippen molar-refractivity contribution in [2.24, 2.45) is 5.92 Å². The van der Waals surface area contributed by atoms with E-state index in [1.165, 1.54) is 6.07 Å². The normalized spacial score (nSPS) is 19.2. The first-order valence-corrected chi connectivity index (χ1v) is 5.80. The van der Waals surface area contributed by atoms with Gasteiger partial charge in [-0.05, 0) is 18.6 Å². The number of hydrogen-bond acceptors (Lipinski definition) is 4. The lowest BCUT2D eigenvalue weighted by atomic mass is 10.1. The second kappa shape index (κ2) is 5.33. The summed E-state index contributed by atoms with van der Waals surface area (Å²) >= 11 is 5.81. The van der Waals surface area contributed by atoms with Gasteiger partial charge in [0.25, 0.3) is 5.69 Å². The van der Waals surface area contributed by atoms with Gasteiger partial charge in [0.2, 0.25) is 0 Å². The molecule has 1 aliphatic rings. The molecule has 1 atom stereocenters. The molecule has 92 valence electrons. The summed E-state index contributed by atoms with van der Waals surface area (Å²) in [5, 5.41) is 13.9. The van der Waals surface area contributed by atoms with E-state index in [-0.39, 0.29) is 10.7 Å². The Balaban J connectivity index is 1.97. The van der Waals surface area contributed by atoms with Crippen LogP contribution in [0.3, 0.4) is 0 Å². The van der Waals surface area contributed by atoms with Crippen molar-refractivity contribution < 1.29 is 9.66 Å². The predicted octanol–water partition coefficient (Wildman–Crippen LogP) is 2.70. The average Bonchev–Trinajstić information content (AvgIpc) is 2.78. The van der Waals surface area contributed by atoms with E-state index < -0.39 is 4.92 Å². The maximum atomic E-state index is 10.6. The quantitative estimate of drug-likeness (QED) is 0.664. The fourth-order valence-electron chi connectivity index (χ4n) is 1.77. The van der Waals surface area contributed by atoms with Gasteiger partial charge in [0, 0.05) is 30.8 Å². The van der Waals surface area contributed by atoms with Gasteiger partial charge in [-0.3, -0.25) is 10.1 Å². The number of anilines is 1. The number of nitrogens with zero attached hydrogens (tertiary/aromatic N) is 1. The third kappa shape index (κ3) is 3.08. The number of nitrogens with one attached hydrogen (secondary N) is 1. The van der Waals surface area contributed by atoms with Crippen molar-refractivity contribution in [3.8, 4) is 0 Å². The molecule has 1 fully saturated rings. The molecule has 0 aliphatic carbocycles. The number of nitro benzene ring substituents is 1. The lowest BCUT2D eigenvalue weighted by molar-refractivity contribution is -0.384. The third-order valence-electron chi connectivity index (χ3n) is 2.76. The summed E-state index contributed by atoms with van der Waals surface area (Å²) in [6.45, 7) is 2.38. The number of benzene rings is 1. The first-order chi connectivity index (χ1) is 8.16. The SMILES string of the molecule is O=[N+]([O-])c1ccc(NCC2CCOC2)cc1Cl. The van der Waals surface area contributed by atoms with E-state index in [1.807, 2.05) is 0 Å². The lowest BCUT2D eigenvalue weighted by Crippen LogP contribution is -2.13. The molecular formula is C11H13ClN2O3. The zero-order chi connectivity index (χ0) is 12.3. The molecule has 1 saturated heterocycles. The Morgan fingerprint density at radius 2 is 2.41 bits per heavy atom. The number of nitro groups is 1. The molecule has 5 nitrogen and oxygen atoms in total. The molecule has 1 aliphatic heterocycles. The van der Waals surface area contributed by atoms with Gasteiger partial charge in [-0.1, -0.05) is 11.6 Å². The summed E-state index contributed by atoms with van der Waals surface area (Å²) in [5.41, 5.74) is 0.730. The van der Waals surface area contributed by atoms with E-state index in [9.17, 15) is 10.1 Å².